The molecule has 1 aromatic carbocycles. The SMILES string of the molecule is C=CCOc1cccc(C2C(C(=O)c3sc(C)nc3C)=C(O)C(=O)N2CCCn2ccnc2)c1. The highest BCUT2D eigenvalue weighted by Crippen LogP contribution is 2.41. The Labute approximate surface area is 201 Å². The summed E-state index contributed by atoms with van der Waals surface area (Å²) in [6.07, 6.45) is 7.52. The van der Waals surface area contributed by atoms with Crippen LogP contribution in [0, 0.1) is 13.8 Å². The van der Waals surface area contributed by atoms with Crippen LogP contribution in [0.15, 0.2) is 67.0 Å². The topological polar surface area (TPSA) is 97.5 Å². The number of hydrogen-bond donors (Lipinski definition) is 1. The number of aromatic nitrogens is 3. The summed E-state index contributed by atoms with van der Waals surface area (Å²) in [5.74, 6) is -0.865. The number of imidazole rings is 1. The molecule has 0 saturated carbocycles. The molecule has 9 heteroatoms. The fourth-order valence-electron chi connectivity index (χ4n) is 4.10. The van der Waals surface area contributed by atoms with Crippen molar-refractivity contribution in [1.29, 1.82) is 0 Å². The molecule has 176 valence electrons. The molecule has 0 radical (unpaired) electrons. The van der Waals surface area contributed by atoms with E-state index in [2.05, 4.69) is 16.5 Å². The molecule has 4 rings (SSSR count). The van der Waals surface area contributed by atoms with Crippen LogP contribution in [0.4, 0.5) is 0 Å². The summed E-state index contributed by atoms with van der Waals surface area (Å²) in [4.78, 5) is 37.1. The van der Waals surface area contributed by atoms with Crippen LogP contribution in [-0.4, -0.2) is 49.4 Å². The van der Waals surface area contributed by atoms with E-state index < -0.39 is 17.7 Å². The summed E-state index contributed by atoms with van der Waals surface area (Å²) in [6, 6.07) is 6.49. The molecular weight excluding hydrogens is 452 g/mol. The first-order valence-electron chi connectivity index (χ1n) is 10.9. The molecule has 0 spiro atoms. The number of aliphatic hydroxyl groups excluding tert-OH is 1. The lowest BCUT2D eigenvalue weighted by Gasteiger charge is -2.27. The van der Waals surface area contributed by atoms with Gasteiger partial charge in [0.1, 0.15) is 12.4 Å². The number of ketones is 1. The number of amides is 1. The van der Waals surface area contributed by atoms with Gasteiger partial charge in [0.05, 0.1) is 33.5 Å². The van der Waals surface area contributed by atoms with Gasteiger partial charge in [-0.05, 0) is 38.0 Å². The average Bonchev–Trinajstić information content (AvgIpc) is 3.52. The molecule has 1 N–H and O–H groups in total. The lowest BCUT2D eigenvalue weighted by atomic mass is 9.95. The molecule has 1 atom stereocenters. The second-order valence-electron chi connectivity index (χ2n) is 7.97. The highest BCUT2D eigenvalue weighted by molar-refractivity contribution is 7.14. The number of ether oxygens (including phenoxy) is 1. The van der Waals surface area contributed by atoms with E-state index in [4.69, 9.17) is 4.74 Å². The van der Waals surface area contributed by atoms with Gasteiger partial charge in [-0.1, -0.05) is 24.8 Å². The van der Waals surface area contributed by atoms with Crippen LogP contribution in [0.3, 0.4) is 0 Å². The van der Waals surface area contributed by atoms with Crippen LogP contribution in [0.1, 0.15) is 38.4 Å². The van der Waals surface area contributed by atoms with Crippen LogP contribution < -0.4 is 4.74 Å². The van der Waals surface area contributed by atoms with Crippen molar-refractivity contribution in [3.63, 3.8) is 0 Å². The number of benzene rings is 1. The van der Waals surface area contributed by atoms with E-state index in [0.717, 1.165) is 5.01 Å². The van der Waals surface area contributed by atoms with Crippen LogP contribution in [0.2, 0.25) is 0 Å². The van der Waals surface area contributed by atoms with Crippen LogP contribution in [-0.2, 0) is 11.3 Å². The van der Waals surface area contributed by atoms with Gasteiger partial charge < -0.3 is 19.3 Å². The third kappa shape index (κ3) is 4.65. The zero-order valence-corrected chi connectivity index (χ0v) is 19.9. The average molecular weight is 479 g/mol. The Balaban J connectivity index is 1.70. The zero-order chi connectivity index (χ0) is 24.2. The van der Waals surface area contributed by atoms with Gasteiger partial charge in [-0.15, -0.1) is 11.3 Å². The molecule has 1 aliphatic heterocycles. The van der Waals surface area contributed by atoms with Gasteiger partial charge in [0.25, 0.3) is 5.91 Å². The lowest BCUT2D eigenvalue weighted by Crippen LogP contribution is -2.32. The number of thiazole rings is 1. The number of Topliss-reactive ketones (excluding diaryl/α,β-unsaturated/α-hetero) is 1. The molecule has 1 unspecified atom stereocenters. The fourth-order valence-corrected chi connectivity index (χ4v) is 4.97. The summed E-state index contributed by atoms with van der Waals surface area (Å²) >= 11 is 1.26. The first-order valence-corrected chi connectivity index (χ1v) is 11.7. The van der Waals surface area contributed by atoms with Crippen molar-refractivity contribution < 1.29 is 19.4 Å². The van der Waals surface area contributed by atoms with Crippen molar-refractivity contribution in [2.24, 2.45) is 0 Å². The molecule has 3 aromatic rings. The molecule has 8 nitrogen and oxygen atoms in total. The third-order valence-corrected chi connectivity index (χ3v) is 6.65. The molecule has 1 amide bonds. The molecular formula is C25H26N4O4S. The van der Waals surface area contributed by atoms with E-state index in [1.807, 2.05) is 29.8 Å². The van der Waals surface area contributed by atoms with E-state index in [0.29, 0.717) is 48.0 Å². The maximum Gasteiger partial charge on any atom is 0.290 e. The third-order valence-electron chi connectivity index (χ3n) is 5.57. The van der Waals surface area contributed by atoms with Gasteiger partial charge in [0, 0.05) is 25.5 Å². The maximum absolute atomic E-state index is 13.6. The highest BCUT2D eigenvalue weighted by Gasteiger charge is 2.44. The Bertz CT molecular complexity index is 1250. The van der Waals surface area contributed by atoms with Gasteiger partial charge in [0.15, 0.2) is 5.76 Å². The first-order chi connectivity index (χ1) is 16.4. The van der Waals surface area contributed by atoms with E-state index in [9.17, 15) is 14.7 Å². The van der Waals surface area contributed by atoms with Crippen molar-refractivity contribution >= 4 is 23.0 Å². The Morgan fingerprint density at radius 2 is 2.15 bits per heavy atom. The first kappa shape index (κ1) is 23.4. The Kier molecular flexibility index (Phi) is 6.93. The number of carbonyl (C=O) groups excluding carboxylic acids is 2. The second kappa shape index (κ2) is 10.0. The predicted octanol–water partition coefficient (Wildman–Crippen LogP) is 4.19. The molecule has 0 fully saturated rings. The number of carbonyl (C=O) groups is 2. The quantitative estimate of drug-likeness (QED) is 0.347. The summed E-state index contributed by atoms with van der Waals surface area (Å²) in [6.45, 7) is 8.57. The van der Waals surface area contributed by atoms with Crippen LogP contribution in [0.5, 0.6) is 5.75 Å². The van der Waals surface area contributed by atoms with Crippen molar-refractivity contribution in [3.05, 3.63) is 88.1 Å². The van der Waals surface area contributed by atoms with Crippen LogP contribution in [0.25, 0.3) is 0 Å². The normalized spacial score (nSPS) is 15.8. The summed E-state index contributed by atoms with van der Waals surface area (Å²) in [7, 11) is 0. The monoisotopic (exact) mass is 478 g/mol. The van der Waals surface area contributed by atoms with Crippen molar-refractivity contribution in [3.8, 4) is 5.75 Å². The summed E-state index contributed by atoms with van der Waals surface area (Å²) < 4.78 is 7.59. The Morgan fingerprint density at radius 1 is 1.32 bits per heavy atom. The van der Waals surface area contributed by atoms with Gasteiger partial charge in [-0.25, -0.2) is 9.97 Å². The van der Waals surface area contributed by atoms with Crippen molar-refractivity contribution in [1.82, 2.24) is 19.4 Å². The molecule has 0 bridgehead atoms. The van der Waals surface area contributed by atoms with Gasteiger partial charge in [0.2, 0.25) is 5.78 Å². The molecule has 0 saturated heterocycles. The second-order valence-corrected chi connectivity index (χ2v) is 9.17. The summed E-state index contributed by atoms with van der Waals surface area (Å²) in [5.41, 5.74) is 1.34. The van der Waals surface area contributed by atoms with Crippen molar-refractivity contribution in [2.75, 3.05) is 13.2 Å². The molecule has 1 aliphatic rings. The van der Waals surface area contributed by atoms with Crippen molar-refractivity contribution in [2.45, 2.75) is 32.9 Å². The minimum atomic E-state index is -0.739. The lowest BCUT2D eigenvalue weighted by molar-refractivity contribution is -0.129. The Hall–Kier alpha value is -3.72. The van der Waals surface area contributed by atoms with E-state index in [1.54, 1.807) is 42.6 Å². The van der Waals surface area contributed by atoms with E-state index in [1.165, 1.54) is 11.3 Å². The minimum Gasteiger partial charge on any atom is -0.503 e. The van der Waals surface area contributed by atoms with Crippen LogP contribution >= 0.6 is 11.3 Å². The number of nitrogens with zero attached hydrogens (tertiary/aromatic N) is 4. The summed E-state index contributed by atoms with van der Waals surface area (Å²) in [5, 5.41) is 11.6. The maximum atomic E-state index is 13.6. The molecule has 3 heterocycles. The molecule has 2 aromatic heterocycles. The van der Waals surface area contributed by atoms with E-state index >= 15 is 0 Å². The molecule has 0 aliphatic carbocycles. The largest absolute Gasteiger partial charge is 0.503 e. The molecule has 34 heavy (non-hydrogen) atoms. The number of aryl methyl sites for hydroxylation is 3. The smallest absolute Gasteiger partial charge is 0.290 e. The van der Waals surface area contributed by atoms with Gasteiger partial charge in [-0.3, -0.25) is 9.59 Å². The number of rotatable bonds is 10. The number of hydrogen-bond acceptors (Lipinski definition) is 7. The van der Waals surface area contributed by atoms with E-state index in [-0.39, 0.29) is 11.4 Å². The fraction of sp³-hybridized carbons (Fsp3) is 0.280. The standard InChI is InChI=1S/C25H26N4O4S/c1-4-13-33-19-8-5-7-18(14-19)21-20(22(30)24-16(2)27-17(3)34-24)23(31)25(32)29(21)11-6-10-28-12-9-26-15-28/h4-5,7-9,12,14-15,21,31H,1,6,10-11,13H2,2-3H3. The van der Waals surface area contributed by atoms with Gasteiger partial charge >= 0.3 is 0 Å². The highest BCUT2D eigenvalue weighted by atomic mass is 32.1. The Morgan fingerprint density at radius 3 is 2.82 bits per heavy atom. The van der Waals surface area contributed by atoms with Gasteiger partial charge in [-0.2, -0.15) is 0 Å². The minimum absolute atomic E-state index is 0.0697. The number of aliphatic hydroxyl groups is 1. The zero-order valence-electron chi connectivity index (χ0n) is 19.1. The predicted molar refractivity (Wildman–Crippen MR) is 129 cm³/mol.